The van der Waals surface area contributed by atoms with Crippen LogP contribution in [0.1, 0.15) is 17.2 Å². The van der Waals surface area contributed by atoms with Gasteiger partial charge in [-0.25, -0.2) is 4.39 Å². The molecule has 0 aliphatic carbocycles. The van der Waals surface area contributed by atoms with Gasteiger partial charge < -0.3 is 14.5 Å². The molecular weight excluding hydrogens is 347 g/mol. The van der Waals surface area contributed by atoms with E-state index in [0.29, 0.717) is 31.0 Å². The molecule has 1 aliphatic rings. The number of benzene rings is 2. The van der Waals surface area contributed by atoms with Gasteiger partial charge in [0.05, 0.1) is 25.3 Å². The lowest BCUT2D eigenvalue weighted by Crippen LogP contribution is -2.39. The van der Waals surface area contributed by atoms with Crippen molar-refractivity contribution in [3.63, 3.8) is 0 Å². The van der Waals surface area contributed by atoms with E-state index in [4.69, 9.17) is 9.47 Å². The fraction of sp³-hybridized carbons (Fsp3) is 0.286. The van der Waals surface area contributed by atoms with E-state index in [9.17, 15) is 9.18 Å². The number of fused-ring (bicyclic) bond motifs is 1. The third kappa shape index (κ3) is 3.86. The summed E-state index contributed by atoms with van der Waals surface area (Å²) in [6.07, 6.45) is -0.122. The number of hydrogen-bond donors (Lipinski definition) is 1. The highest BCUT2D eigenvalue weighted by atomic mass is 19.1. The summed E-state index contributed by atoms with van der Waals surface area (Å²) in [6, 6.07) is 14.0. The lowest BCUT2D eigenvalue weighted by atomic mass is 10.1. The minimum absolute atomic E-state index is 0.0967. The summed E-state index contributed by atoms with van der Waals surface area (Å²) in [5.41, 5.74) is 2.32. The van der Waals surface area contributed by atoms with Crippen molar-refractivity contribution in [2.45, 2.75) is 12.6 Å². The number of aromatic nitrogens is 1. The van der Waals surface area contributed by atoms with E-state index in [2.05, 4.69) is 9.88 Å². The number of ether oxygens (including phenoxy) is 2. The van der Waals surface area contributed by atoms with Gasteiger partial charge >= 0.3 is 0 Å². The number of hydrogen-bond acceptors (Lipinski definition) is 4. The first-order valence-electron chi connectivity index (χ1n) is 8.92. The average Bonchev–Trinajstić information content (AvgIpc) is 2.69. The van der Waals surface area contributed by atoms with Gasteiger partial charge in [-0.3, -0.25) is 9.69 Å². The van der Waals surface area contributed by atoms with E-state index in [1.807, 2.05) is 24.3 Å². The molecule has 3 aromatic rings. The van der Waals surface area contributed by atoms with Crippen LogP contribution in [0.3, 0.4) is 0 Å². The maximum atomic E-state index is 13.1. The first kappa shape index (κ1) is 17.7. The number of nitrogens with zero attached hydrogens (tertiary/aromatic N) is 1. The third-order valence-corrected chi connectivity index (χ3v) is 4.92. The summed E-state index contributed by atoms with van der Waals surface area (Å²) in [5.74, 6) is 0.451. The first-order valence-corrected chi connectivity index (χ1v) is 8.92. The number of morpholine rings is 1. The Labute approximate surface area is 156 Å². The normalized spacial score (nSPS) is 17.9. The van der Waals surface area contributed by atoms with E-state index in [1.54, 1.807) is 19.2 Å². The van der Waals surface area contributed by atoms with Crippen LogP contribution in [0.25, 0.3) is 10.9 Å². The molecule has 1 fully saturated rings. The molecule has 0 unspecified atom stereocenters. The molecule has 1 N–H and O–H groups in total. The van der Waals surface area contributed by atoms with Crippen molar-refractivity contribution in [1.29, 1.82) is 0 Å². The Morgan fingerprint density at radius 3 is 2.81 bits per heavy atom. The molecule has 0 spiro atoms. The van der Waals surface area contributed by atoms with Crippen molar-refractivity contribution in [2.24, 2.45) is 0 Å². The van der Waals surface area contributed by atoms with E-state index in [1.165, 1.54) is 12.1 Å². The molecule has 2 heterocycles. The molecule has 1 atom stereocenters. The molecule has 2 aromatic carbocycles. The van der Waals surface area contributed by atoms with Crippen molar-refractivity contribution >= 4 is 10.9 Å². The number of H-pyrrole nitrogens is 1. The molecule has 27 heavy (non-hydrogen) atoms. The zero-order valence-corrected chi connectivity index (χ0v) is 15.1. The van der Waals surface area contributed by atoms with Crippen LogP contribution in [-0.2, 0) is 11.3 Å². The standard InChI is InChI=1S/C21H21FN2O3/c1-26-18-7-4-15-10-16(21(25)23-19(15)11-18)12-24-8-9-27-20(13-24)14-2-5-17(22)6-3-14/h2-7,10-11,20H,8-9,12-13H2,1H3,(H,23,25)/t20-/m1/s1. The van der Waals surface area contributed by atoms with Gasteiger partial charge in [0.2, 0.25) is 0 Å². The summed E-state index contributed by atoms with van der Waals surface area (Å²) in [4.78, 5) is 17.6. The molecule has 1 saturated heterocycles. The predicted octanol–water partition coefficient (Wildman–Crippen LogP) is 3.25. The quantitative estimate of drug-likeness (QED) is 0.768. The van der Waals surface area contributed by atoms with Crippen LogP contribution in [0.2, 0.25) is 0 Å². The van der Waals surface area contributed by atoms with Crippen molar-refractivity contribution in [1.82, 2.24) is 9.88 Å². The topological polar surface area (TPSA) is 54.6 Å². The molecule has 0 amide bonds. The lowest BCUT2D eigenvalue weighted by molar-refractivity contribution is -0.0330. The van der Waals surface area contributed by atoms with Crippen LogP contribution < -0.4 is 10.3 Å². The fourth-order valence-electron chi connectivity index (χ4n) is 3.44. The Morgan fingerprint density at radius 2 is 2.04 bits per heavy atom. The van der Waals surface area contributed by atoms with Gasteiger partial charge in [-0.05, 0) is 41.3 Å². The van der Waals surface area contributed by atoms with Crippen molar-refractivity contribution in [3.8, 4) is 5.75 Å². The molecule has 4 rings (SSSR count). The monoisotopic (exact) mass is 368 g/mol. The zero-order valence-electron chi connectivity index (χ0n) is 15.1. The molecule has 1 aromatic heterocycles. The number of methoxy groups -OCH3 is 1. The van der Waals surface area contributed by atoms with Crippen LogP contribution in [0.5, 0.6) is 5.75 Å². The molecule has 0 radical (unpaired) electrons. The SMILES string of the molecule is COc1ccc2cc(CN3CCO[C@@H](c4ccc(F)cc4)C3)c(=O)[nH]c2c1. The van der Waals surface area contributed by atoms with E-state index < -0.39 is 0 Å². The van der Waals surface area contributed by atoms with E-state index >= 15 is 0 Å². The second-order valence-electron chi connectivity index (χ2n) is 6.72. The first-order chi connectivity index (χ1) is 13.1. The summed E-state index contributed by atoms with van der Waals surface area (Å²) in [6.45, 7) is 2.52. The van der Waals surface area contributed by atoms with Gasteiger partial charge in [0.25, 0.3) is 5.56 Å². The molecule has 140 valence electrons. The van der Waals surface area contributed by atoms with Gasteiger partial charge in [-0.15, -0.1) is 0 Å². The Hall–Kier alpha value is -2.70. The minimum atomic E-state index is -0.259. The molecule has 5 nitrogen and oxygen atoms in total. The largest absolute Gasteiger partial charge is 0.497 e. The highest BCUT2D eigenvalue weighted by Crippen LogP contribution is 2.24. The minimum Gasteiger partial charge on any atom is -0.497 e. The number of rotatable bonds is 4. The zero-order chi connectivity index (χ0) is 18.8. The second-order valence-corrected chi connectivity index (χ2v) is 6.72. The van der Waals surface area contributed by atoms with E-state index in [0.717, 1.165) is 23.0 Å². The lowest BCUT2D eigenvalue weighted by Gasteiger charge is -2.33. The molecule has 1 aliphatic heterocycles. The Balaban J connectivity index is 1.53. The summed E-state index contributed by atoms with van der Waals surface area (Å²) >= 11 is 0. The van der Waals surface area contributed by atoms with Crippen LogP contribution in [0, 0.1) is 5.82 Å². The number of pyridine rings is 1. The van der Waals surface area contributed by atoms with Crippen LogP contribution in [-0.4, -0.2) is 36.7 Å². The van der Waals surface area contributed by atoms with Gasteiger partial charge in [-0.1, -0.05) is 12.1 Å². The smallest absolute Gasteiger partial charge is 0.252 e. The average molecular weight is 368 g/mol. The van der Waals surface area contributed by atoms with Crippen molar-refractivity contribution < 1.29 is 13.9 Å². The summed E-state index contributed by atoms with van der Waals surface area (Å²) in [5, 5.41) is 0.966. The highest BCUT2D eigenvalue weighted by Gasteiger charge is 2.22. The van der Waals surface area contributed by atoms with Gasteiger partial charge in [-0.2, -0.15) is 0 Å². The second kappa shape index (κ2) is 7.50. The Kier molecular flexibility index (Phi) is 4.92. The Bertz CT molecular complexity index is 1000. The summed E-state index contributed by atoms with van der Waals surface area (Å²) in [7, 11) is 1.60. The van der Waals surface area contributed by atoms with Crippen LogP contribution in [0.15, 0.2) is 53.3 Å². The molecule has 0 bridgehead atoms. The van der Waals surface area contributed by atoms with Crippen molar-refractivity contribution in [2.75, 3.05) is 26.8 Å². The van der Waals surface area contributed by atoms with E-state index in [-0.39, 0.29) is 17.5 Å². The molecule has 6 heteroatoms. The van der Waals surface area contributed by atoms with Gasteiger partial charge in [0.1, 0.15) is 11.6 Å². The fourth-order valence-corrected chi connectivity index (χ4v) is 3.44. The third-order valence-electron chi connectivity index (χ3n) is 4.92. The maximum absolute atomic E-state index is 13.1. The predicted molar refractivity (Wildman–Crippen MR) is 101 cm³/mol. The van der Waals surface area contributed by atoms with Crippen LogP contribution >= 0.6 is 0 Å². The number of halogens is 1. The molecule has 0 saturated carbocycles. The van der Waals surface area contributed by atoms with Crippen molar-refractivity contribution in [3.05, 3.63) is 75.8 Å². The number of aromatic amines is 1. The maximum Gasteiger partial charge on any atom is 0.252 e. The summed E-state index contributed by atoms with van der Waals surface area (Å²) < 4.78 is 24.2. The highest BCUT2D eigenvalue weighted by molar-refractivity contribution is 5.80. The number of nitrogens with one attached hydrogen (secondary N) is 1. The van der Waals surface area contributed by atoms with Gasteiger partial charge in [0, 0.05) is 31.3 Å². The van der Waals surface area contributed by atoms with Crippen LogP contribution in [0.4, 0.5) is 4.39 Å². The van der Waals surface area contributed by atoms with Gasteiger partial charge in [0.15, 0.2) is 0 Å². The molecular formula is C21H21FN2O3. The Morgan fingerprint density at radius 1 is 1.22 bits per heavy atom.